The molecule has 0 aliphatic heterocycles. The highest BCUT2D eigenvalue weighted by atomic mass is 16.5. The topological polar surface area (TPSA) is 47.9 Å². The van der Waals surface area contributed by atoms with Crippen LogP contribution in [0.2, 0.25) is 0 Å². The molecule has 0 aliphatic carbocycles. The number of hydrogen-bond acceptors (Lipinski definition) is 4. The number of unbranched alkanes of at least 4 members (excludes halogenated alkanes) is 2. The van der Waals surface area contributed by atoms with Crippen molar-refractivity contribution in [3.05, 3.63) is 59.7 Å². The molecule has 4 heteroatoms. The number of nitrogens with zero attached hydrogens (tertiary/aromatic N) is 1. The highest BCUT2D eigenvalue weighted by molar-refractivity contribution is 5.99. The first-order valence-electron chi connectivity index (χ1n) is 9.67. The van der Waals surface area contributed by atoms with Gasteiger partial charge in [0.15, 0.2) is 5.78 Å². The Labute approximate surface area is 162 Å². The molecule has 0 spiro atoms. The van der Waals surface area contributed by atoms with E-state index < -0.39 is 0 Å². The van der Waals surface area contributed by atoms with Crippen LogP contribution >= 0.6 is 0 Å². The molecule has 0 fully saturated rings. The lowest BCUT2D eigenvalue weighted by Crippen LogP contribution is -2.09. The van der Waals surface area contributed by atoms with E-state index in [1.54, 1.807) is 7.11 Å². The minimum absolute atomic E-state index is 0.168. The number of ketones is 1. The van der Waals surface area contributed by atoms with Crippen molar-refractivity contribution >= 4 is 17.4 Å². The van der Waals surface area contributed by atoms with Crippen LogP contribution in [0.3, 0.4) is 0 Å². The molecule has 0 saturated heterocycles. The molecule has 144 valence electrons. The largest absolute Gasteiger partial charge is 0.497 e. The van der Waals surface area contributed by atoms with Crippen LogP contribution in [0, 0.1) is 0 Å². The summed E-state index contributed by atoms with van der Waals surface area (Å²) in [5.74, 6) is 1.53. The van der Waals surface area contributed by atoms with E-state index in [1.807, 2.05) is 55.5 Å². The van der Waals surface area contributed by atoms with Gasteiger partial charge in [0.05, 0.1) is 19.4 Å². The van der Waals surface area contributed by atoms with Gasteiger partial charge in [0.25, 0.3) is 0 Å². The van der Waals surface area contributed by atoms with Gasteiger partial charge in [0, 0.05) is 17.5 Å². The van der Waals surface area contributed by atoms with Gasteiger partial charge in [-0.25, -0.2) is 4.99 Å². The van der Waals surface area contributed by atoms with Crippen molar-refractivity contribution in [2.24, 2.45) is 4.99 Å². The highest BCUT2D eigenvalue weighted by Crippen LogP contribution is 2.20. The Bertz CT molecular complexity index is 733. The number of carbonyl (C=O) groups is 1. The summed E-state index contributed by atoms with van der Waals surface area (Å²) in [7, 11) is 1.64. The highest BCUT2D eigenvalue weighted by Gasteiger charge is 2.09. The SMILES string of the molecule is CCCCCOC(=Nc1ccc(OC)cc1)c1ccc(C(=O)CCC)cc1. The molecular weight excluding hydrogens is 338 g/mol. The molecule has 0 amide bonds. The van der Waals surface area contributed by atoms with Gasteiger partial charge >= 0.3 is 0 Å². The summed E-state index contributed by atoms with van der Waals surface area (Å²) in [6.07, 6.45) is 4.68. The van der Waals surface area contributed by atoms with E-state index in [9.17, 15) is 4.79 Å². The summed E-state index contributed by atoms with van der Waals surface area (Å²) in [6, 6.07) is 15.1. The van der Waals surface area contributed by atoms with E-state index in [2.05, 4.69) is 11.9 Å². The summed E-state index contributed by atoms with van der Waals surface area (Å²) < 4.78 is 11.2. The molecule has 2 aromatic rings. The second kappa shape index (κ2) is 11.2. The molecule has 2 aromatic carbocycles. The molecule has 0 bridgehead atoms. The maximum Gasteiger partial charge on any atom is 0.221 e. The number of carbonyl (C=O) groups excluding carboxylic acids is 1. The zero-order valence-corrected chi connectivity index (χ0v) is 16.5. The van der Waals surface area contributed by atoms with E-state index in [4.69, 9.17) is 9.47 Å². The predicted molar refractivity (Wildman–Crippen MR) is 110 cm³/mol. The predicted octanol–water partition coefficient (Wildman–Crippen LogP) is 5.96. The van der Waals surface area contributed by atoms with Crippen molar-refractivity contribution in [1.82, 2.24) is 0 Å². The van der Waals surface area contributed by atoms with Crippen LogP contribution in [0.1, 0.15) is 61.9 Å². The quantitative estimate of drug-likeness (QED) is 0.225. The Morgan fingerprint density at radius 1 is 0.889 bits per heavy atom. The van der Waals surface area contributed by atoms with Crippen molar-refractivity contribution in [1.29, 1.82) is 0 Å². The van der Waals surface area contributed by atoms with Gasteiger partial charge < -0.3 is 9.47 Å². The summed E-state index contributed by atoms with van der Waals surface area (Å²) in [6.45, 7) is 4.80. The summed E-state index contributed by atoms with van der Waals surface area (Å²) in [5, 5.41) is 0. The molecule has 0 atom stereocenters. The van der Waals surface area contributed by atoms with Crippen LogP contribution in [0.25, 0.3) is 0 Å². The van der Waals surface area contributed by atoms with Crippen LogP contribution < -0.4 is 4.74 Å². The second-order valence-electron chi connectivity index (χ2n) is 6.42. The first-order valence-corrected chi connectivity index (χ1v) is 9.67. The lowest BCUT2D eigenvalue weighted by molar-refractivity contribution is 0.0981. The van der Waals surface area contributed by atoms with E-state index in [-0.39, 0.29) is 5.78 Å². The lowest BCUT2D eigenvalue weighted by atomic mass is 10.0. The molecule has 4 nitrogen and oxygen atoms in total. The van der Waals surface area contributed by atoms with Gasteiger partial charge in [0.1, 0.15) is 5.75 Å². The number of methoxy groups -OCH3 is 1. The lowest BCUT2D eigenvalue weighted by Gasteiger charge is -2.11. The third kappa shape index (κ3) is 6.55. The Balaban J connectivity index is 2.22. The van der Waals surface area contributed by atoms with Gasteiger partial charge in [-0.3, -0.25) is 4.79 Å². The van der Waals surface area contributed by atoms with Crippen LogP contribution in [0.5, 0.6) is 5.75 Å². The number of aliphatic imine (C=N–C) groups is 1. The van der Waals surface area contributed by atoms with Crippen molar-refractivity contribution < 1.29 is 14.3 Å². The van der Waals surface area contributed by atoms with E-state index >= 15 is 0 Å². The van der Waals surface area contributed by atoms with Gasteiger partial charge in [0.2, 0.25) is 5.90 Å². The summed E-state index contributed by atoms with van der Waals surface area (Å²) in [5.41, 5.74) is 2.40. The summed E-state index contributed by atoms with van der Waals surface area (Å²) in [4.78, 5) is 16.7. The Morgan fingerprint density at radius 3 is 2.15 bits per heavy atom. The number of Topliss-reactive ketones (excluding diaryl/α,β-unsaturated/α-hetero) is 1. The van der Waals surface area contributed by atoms with E-state index in [0.29, 0.717) is 18.9 Å². The molecule has 0 radical (unpaired) electrons. The van der Waals surface area contributed by atoms with Crippen LogP contribution in [0.4, 0.5) is 5.69 Å². The van der Waals surface area contributed by atoms with Crippen molar-refractivity contribution in [2.45, 2.75) is 46.0 Å². The number of ether oxygens (including phenoxy) is 2. The normalized spacial score (nSPS) is 11.3. The molecule has 0 aromatic heterocycles. The fourth-order valence-electron chi connectivity index (χ4n) is 2.65. The van der Waals surface area contributed by atoms with E-state index in [1.165, 1.54) is 0 Å². The van der Waals surface area contributed by atoms with Crippen molar-refractivity contribution in [3.8, 4) is 5.75 Å². The third-order valence-corrected chi connectivity index (χ3v) is 4.22. The number of rotatable bonds is 10. The minimum Gasteiger partial charge on any atom is -0.497 e. The van der Waals surface area contributed by atoms with Gasteiger partial charge in [-0.05, 0) is 49.2 Å². The van der Waals surface area contributed by atoms with E-state index in [0.717, 1.165) is 48.2 Å². The number of hydrogen-bond donors (Lipinski definition) is 0. The Kier molecular flexibility index (Phi) is 8.56. The van der Waals surface area contributed by atoms with Crippen LogP contribution in [-0.4, -0.2) is 25.4 Å². The van der Waals surface area contributed by atoms with Gasteiger partial charge in [-0.1, -0.05) is 38.8 Å². The molecule has 0 aliphatic rings. The Morgan fingerprint density at radius 2 is 1.56 bits per heavy atom. The first kappa shape index (κ1) is 20.7. The molecule has 0 saturated carbocycles. The Hall–Kier alpha value is -2.62. The first-order chi connectivity index (χ1) is 13.2. The van der Waals surface area contributed by atoms with Gasteiger partial charge in [-0.15, -0.1) is 0 Å². The molecule has 0 unspecified atom stereocenters. The molecule has 0 N–H and O–H groups in total. The zero-order valence-electron chi connectivity index (χ0n) is 16.5. The molecular formula is C23H29NO3. The molecule has 27 heavy (non-hydrogen) atoms. The average Bonchev–Trinajstić information content (AvgIpc) is 2.71. The monoisotopic (exact) mass is 367 g/mol. The fourth-order valence-corrected chi connectivity index (χ4v) is 2.65. The van der Waals surface area contributed by atoms with Gasteiger partial charge in [-0.2, -0.15) is 0 Å². The third-order valence-electron chi connectivity index (χ3n) is 4.22. The number of benzene rings is 2. The maximum atomic E-state index is 12.0. The summed E-state index contributed by atoms with van der Waals surface area (Å²) >= 11 is 0. The molecule has 2 rings (SSSR count). The maximum absolute atomic E-state index is 12.0. The van der Waals surface area contributed by atoms with Crippen LogP contribution in [-0.2, 0) is 4.74 Å². The second-order valence-corrected chi connectivity index (χ2v) is 6.42. The van der Waals surface area contributed by atoms with Crippen LogP contribution in [0.15, 0.2) is 53.5 Å². The standard InChI is InChI=1S/C23H29NO3/c1-4-6-7-17-27-23(24-20-13-15-21(26-3)16-14-20)19-11-9-18(10-12-19)22(25)8-5-2/h9-16H,4-8,17H2,1-3H3. The molecule has 0 heterocycles. The minimum atomic E-state index is 0.168. The smallest absolute Gasteiger partial charge is 0.221 e. The average molecular weight is 367 g/mol. The fraction of sp³-hybridized carbons (Fsp3) is 0.391. The van der Waals surface area contributed by atoms with Crippen molar-refractivity contribution in [2.75, 3.05) is 13.7 Å². The zero-order chi connectivity index (χ0) is 19.5. The van der Waals surface area contributed by atoms with Crippen molar-refractivity contribution in [3.63, 3.8) is 0 Å².